The van der Waals surface area contributed by atoms with Crippen LogP contribution in [0, 0.1) is 0 Å². The summed E-state index contributed by atoms with van der Waals surface area (Å²) >= 11 is 3.46. The number of unbranched alkanes of at least 4 members (excludes halogenated alkanes) is 6. The van der Waals surface area contributed by atoms with Gasteiger partial charge in [-0.1, -0.05) is 125 Å². The van der Waals surface area contributed by atoms with Crippen LogP contribution in [0.3, 0.4) is 0 Å². The summed E-state index contributed by atoms with van der Waals surface area (Å²) in [4.78, 5) is 2.38. The smallest absolute Gasteiger partial charge is 0.141 e. The molecular weight excluding hydrogens is 549 g/mol. The van der Waals surface area contributed by atoms with Gasteiger partial charge >= 0.3 is 0 Å². The standard InChI is InChI=1S/C39H44OS2/c1-3-5-7-9-13-30-17-22-33(23-18-30)39(40,34-24-19-31(20-25-34)14-10-8-6-4-2)36-29-32(37-15-11-27-41-37)21-26-35(36)38-16-12-28-42-38/h11-12,15-29,40H,3-10,13-14H2,1-2H3. The van der Waals surface area contributed by atoms with Crippen LogP contribution in [-0.4, -0.2) is 5.11 Å². The first-order chi connectivity index (χ1) is 20.6. The summed E-state index contributed by atoms with van der Waals surface area (Å²) in [6.07, 6.45) is 12.2. The summed E-state index contributed by atoms with van der Waals surface area (Å²) in [7, 11) is 0. The van der Waals surface area contributed by atoms with Crippen LogP contribution in [0.1, 0.15) is 93.0 Å². The fraction of sp³-hybridized carbons (Fsp3) is 0.333. The highest BCUT2D eigenvalue weighted by Crippen LogP contribution is 2.44. The Morgan fingerprint density at radius 1 is 0.571 bits per heavy atom. The summed E-state index contributed by atoms with van der Waals surface area (Å²) in [5, 5.41) is 17.3. The number of benzene rings is 3. The Labute approximate surface area is 260 Å². The maximum atomic E-state index is 13.1. The van der Waals surface area contributed by atoms with Crippen molar-refractivity contribution >= 4 is 22.7 Å². The van der Waals surface area contributed by atoms with Crippen LogP contribution in [0.4, 0.5) is 0 Å². The fourth-order valence-corrected chi connectivity index (χ4v) is 7.39. The zero-order chi connectivity index (χ0) is 29.2. The van der Waals surface area contributed by atoms with Crippen molar-refractivity contribution < 1.29 is 5.11 Å². The number of hydrogen-bond acceptors (Lipinski definition) is 3. The molecule has 218 valence electrons. The SMILES string of the molecule is CCCCCCc1ccc(C(O)(c2ccc(CCCCCC)cc2)c2cc(-c3cccs3)ccc2-c2cccs2)cc1. The molecule has 0 saturated heterocycles. The van der Waals surface area contributed by atoms with Crippen LogP contribution in [-0.2, 0) is 18.4 Å². The van der Waals surface area contributed by atoms with Gasteiger partial charge in [-0.25, -0.2) is 0 Å². The van der Waals surface area contributed by atoms with Crippen LogP contribution < -0.4 is 0 Å². The molecule has 0 aliphatic rings. The second-order valence-electron chi connectivity index (χ2n) is 11.4. The number of hydrogen-bond donors (Lipinski definition) is 1. The van der Waals surface area contributed by atoms with Crippen molar-refractivity contribution in [2.45, 2.75) is 83.7 Å². The summed E-state index contributed by atoms with van der Waals surface area (Å²) in [5.74, 6) is 0. The summed E-state index contributed by atoms with van der Waals surface area (Å²) in [6, 6.07) is 32.7. The Morgan fingerprint density at radius 3 is 1.57 bits per heavy atom. The molecule has 1 N–H and O–H groups in total. The highest BCUT2D eigenvalue weighted by Gasteiger charge is 2.36. The molecule has 0 spiro atoms. The van der Waals surface area contributed by atoms with E-state index in [-0.39, 0.29) is 0 Å². The van der Waals surface area contributed by atoms with Crippen LogP contribution >= 0.6 is 22.7 Å². The van der Waals surface area contributed by atoms with Gasteiger partial charge in [0.2, 0.25) is 0 Å². The van der Waals surface area contributed by atoms with Gasteiger partial charge in [0.25, 0.3) is 0 Å². The highest BCUT2D eigenvalue weighted by molar-refractivity contribution is 7.13. The van der Waals surface area contributed by atoms with Crippen LogP contribution in [0.15, 0.2) is 102 Å². The van der Waals surface area contributed by atoms with Gasteiger partial charge in [-0.15, -0.1) is 22.7 Å². The van der Waals surface area contributed by atoms with E-state index in [1.807, 2.05) is 0 Å². The molecule has 5 aromatic rings. The minimum atomic E-state index is -1.30. The number of aryl methyl sites for hydroxylation is 2. The molecule has 0 bridgehead atoms. The number of rotatable bonds is 15. The molecule has 42 heavy (non-hydrogen) atoms. The van der Waals surface area contributed by atoms with Crippen molar-refractivity contribution in [1.29, 1.82) is 0 Å². The molecule has 3 aromatic carbocycles. The van der Waals surface area contributed by atoms with Crippen molar-refractivity contribution in [1.82, 2.24) is 0 Å². The Kier molecular flexibility index (Phi) is 10.9. The van der Waals surface area contributed by atoms with Crippen molar-refractivity contribution in [2.75, 3.05) is 0 Å². The minimum Gasteiger partial charge on any atom is -0.376 e. The molecular formula is C39H44OS2. The third-order valence-electron chi connectivity index (χ3n) is 8.38. The zero-order valence-corrected chi connectivity index (χ0v) is 26.8. The van der Waals surface area contributed by atoms with E-state index in [1.54, 1.807) is 22.7 Å². The predicted molar refractivity (Wildman–Crippen MR) is 184 cm³/mol. The molecule has 3 heteroatoms. The topological polar surface area (TPSA) is 20.2 Å². The van der Waals surface area contributed by atoms with Crippen LogP contribution in [0.2, 0.25) is 0 Å². The first-order valence-electron chi connectivity index (χ1n) is 15.8. The van der Waals surface area contributed by atoms with E-state index in [0.29, 0.717) is 0 Å². The molecule has 0 aliphatic carbocycles. The van der Waals surface area contributed by atoms with Gasteiger partial charge in [0, 0.05) is 15.3 Å². The van der Waals surface area contributed by atoms with Crippen molar-refractivity contribution in [2.24, 2.45) is 0 Å². The molecule has 0 aliphatic heterocycles. The van der Waals surface area contributed by atoms with Gasteiger partial charge in [-0.3, -0.25) is 0 Å². The average molecular weight is 593 g/mol. The van der Waals surface area contributed by atoms with E-state index in [4.69, 9.17) is 0 Å². The van der Waals surface area contributed by atoms with Gasteiger partial charge in [0.15, 0.2) is 0 Å². The van der Waals surface area contributed by atoms with Crippen molar-refractivity contribution in [3.05, 3.63) is 130 Å². The molecule has 1 nitrogen and oxygen atoms in total. The summed E-state index contributed by atoms with van der Waals surface area (Å²) in [6.45, 7) is 4.51. The number of thiophene rings is 2. The van der Waals surface area contributed by atoms with Gasteiger partial charge in [0.05, 0.1) is 0 Å². The van der Waals surface area contributed by atoms with E-state index < -0.39 is 5.60 Å². The number of aliphatic hydroxyl groups is 1. The van der Waals surface area contributed by atoms with E-state index in [2.05, 4.69) is 116 Å². The molecule has 0 radical (unpaired) electrons. The third-order valence-corrected chi connectivity index (χ3v) is 10.2. The molecule has 0 amide bonds. The average Bonchev–Trinajstić information content (AvgIpc) is 3.77. The molecule has 0 fully saturated rings. The molecule has 2 aromatic heterocycles. The summed E-state index contributed by atoms with van der Waals surface area (Å²) in [5.41, 5.74) is 6.36. The quantitative estimate of drug-likeness (QED) is 0.0947. The predicted octanol–water partition coefficient (Wildman–Crippen LogP) is 11.7. The molecule has 0 atom stereocenters. The van der Waals surface area contributed by atoms with Gasteiger partial charge in [0.1, 0.15) is 5.60 Å². The second-order valence-corrected chi connectivity index (χ2v) is 13.3. The Balaban J connectivity index is 1.59. The zero-order valence-electron chi connectivity index (χ0n) is 25.1. The van der Waals surface area contributed by atoms with E-state index in [0.717, 1.165) is 40.7 Å². The largest absolute Gasteiger partial charge is 0.376 e. The van der Waals surface area contributed by atoms with E-state index in [1.165, 1.54) is 72.2 Å². The Morgan fingerprint density at radius 2 is 1.10 bits per heavy atom. The summed E-state index contributed by atoms with van der Waals surface area (Å²) < 4.78 is 0. The second kappa shape index (κ2) is 15.0. The van der Waals surface area contributed by atoms with Crippen LogP contribution in [0.25, 0.3) is 20.9 Å². The lowest BCUT2D eigenvalue weighted by Crippen LogP contribution is -2.29. The Bertz CT molecular complexity index is 1420. The van der Waals surface area contributed by atoms with Gasteiger partial charge in [-0.05, 0) is 88.0 Å². The molecule has 0 unspecified atom stereocenters. The maximum Gasteiger partial charge on any atom is 0.141 e. The molecule has 2 heterocycles. The maximum absolute atomic E-state index is 13.1. The van der Waals surface area contributed by atoms with Crippen molar-refractivity contribution in [3.8, 4) is 20.9 Å². The lowest BCUT2D eigenvalue weighted by molar-refractivity contribution is 0.126. The third kappa shape index (κ3) is 7.14. The van der Waals surface area contributed by atoms with E-state index >= 15 is 0 Å². The minimum absolute atomic E-state index is 0.914. The first-order valence-corrected chi connectivity index (χ1v) is 17.5. The van der Waals surface area contributed by atoms with Crippen LogP contribution in [0.5, 0.6) is 0 Å². The molecule has 5 rings (SSSR count). The highest BCUT2D eigenvalue weighted by atomic mass is 32.1. The van der Waals surface area contributed by atoms with Crippen molar-refractivity contribution in [3.63, 3.8) is 0 Å². The van der Waals surface area contributed by atoms with Gasteiger partial charge in [-0.2, -0.15) is 0 Å². The fourth-order valence-electron chi connectivity index (χ4n) is 5.90. The van der Waals surface area contributed by atoms with E-state index in [9.17, 15) is 5.11 Å². The Hall–Kier alpha value is -2.98. The monoisotopic (exact) mass is 592 g/mol. The first kappa shape index (κ1) is 30.5. The van der Waals surface area contributed by atoms with Gasteiger partial charge < -0.3 is 5.11 Å². The normalized spacial score (nSPS) is 11.7. The lowest BCUT2D eigenvalue weighted by atomic mass is 9.77. The lowest BCUT2D eigenvalue weighted by Gasteiger charge is -2.33. The molecule has 0 saturated carbocycles.